The zero-order valence-electron chi connectivity index (χ0n) is 11.2. The molecule has 1 saturated heterocycles. The number of likely N-dealkylation sites (tertiary alicyclic amines) is 1. The maximum atomic E-state index is 12.0. The molecule has 18 heavy (non-hydrogen) atoms. The molecular weight excluding hydrogens is 228 g/mol. The number of nitrogens with one attached hydrogen (secondary N) is 1. The molecule has 0 aromatic rings. The molecule has 0 aromatic carbocycles. The molecule has 104 valence electrons. The van der Waals surface area contributed by atoms with Gasteiger partial charge in [-0.05, 0) is 31.7 Å². The highest BCUT2D eigenvalue weighted by atomic mass is 16.3. The molecule has 4 nitrogen and oxygen atoms in total. The Morgan fingerprint density at radius 1 is 1.17 bits per heavy atom. The average Bonchev–Trinajstić information content (AvgIpc) is 2.65. The first kappa shape index (κ1) is 13.8. The summed E-state index contributed by atoms with van der Waals surface area (Å²) in [6.07, 6.45) is 8.44. The van der Waals surface area contributed by atoms with E-state index in [-0.39, 0.29) is 12.5 Å². The zero-order chi connectivity index (χ0) is 12.8. The summed E-state index contributed by atoms with van der Waals surface area (Å²) in [4.78, 5) is 14.1. The number of hydrogen-bond acceptors (Lipinski definition) is 3. The summed E-state index contributed by atoms with van der Waals surface area (Å²) in [6, 6.07) is 0.399. The van der Waals surface area contributed by atoms with Crippen molar-refractivity contribution < 1.29 is 9.90 Å². The van der Waals surface area contributed by atoms with Gasteiger partial charge in [0.25, 0.3) is 0 Å². The maximum absolute atomic E-state index is 12.0. The Hall–Kier alpha value is -0.610. The third-order valence-corrected chi connectivity index (χ3v) is 4.22. The van der Waals surface area contributed by atoms with Crippen LogP contribution < -0.4 is 5.32 Å². The third kappa shape index (κ3) is 4.25. The second kappa shape index (κ2) is 7.10. The lowest BCUT2D eigenvalue weighted by molar-refractivity contribution is -0.122. The van der Waals surface area contributed by atoms with Crippen LogP contribution in [-0.2, 0) is 4.79 Å². The third-order valence-electron chi connectivity index (χ3n) is 4.22. The number of carbonyl (C=O) groups is 1. The van der Waals surface area contributed by atoms with Crippen LogP contribution in [-0.4, -0.2) is 48.2 Å². The van der Waals surface area contributed by atoms with Crippen molar-refractivity contribution in [1.29, 1.82) is 0 Å². The standard InChI is InChI=1S/C14H26N2O2/c17-11-12-7-8-16(9-12)10-14(18)15-13-5-3-1-2-4-6-13/h12-13,17H,1-11H2,(H,15,18). The predicted molar refractivity (Wildman–Crippen MR) is 71.3 cm³/mol. The van der Waals surface area contributed by atoms with Crippen molar-refractivity contribution in [2.75, 3.05) is 26.2 Å². The van der Waals surface area contributed by atoms with Gasteiger partial charge < -0.3 is 10.4 Å². The monoisotopic (exact) mass is 254 g/mol. The van der Waals surface area contributed by atoms with Gasteiger partial charge in [0.05, 0.1) is 6.54 Å². The first-order valence-electron chi connectivity index (χ1n) is 7.40. The van der Waals surface area contributed by atoms with Gasteiger partial charge in [-0.2, -0.15) is 0 Å². The number of carbonyl (C=O) groups excluding carboxylic acids is 1. The summed E-state index contributed by atoms with van der Waals surface area (Å²) in [6.45, 7) is 2.58. The van der Waals surface area contributed by atoms with Gasteiger partial charge in [0.1, 0.15) is 0 Å². The van der Waals surface area contributed by atoms with E-state index in [0.717, 1.165) is 32.4 Å². The lowest BCUT2D eigenvalue weighted by atomic mass is 10.1. The van der Waals surface area contributed by atoms with Gasteiger partial charge in [-0.1, -0.05) is 25.7 Å². The molecule has 0 bridgehead atoms. The molecule has 4 heteroatoms. The highest BCUT2D eigenvalue weighted by molar-refractivity contribution is 5.78. The van der Waals surface area contributed by atoms with Gasteiger partial charge in [0, 0.05) is 19.2 Å². The van der Waals surface area contributed by atoms with E-state index in [1.165, 1.54) is 25.7 Å². The van der Waals surface area contributed by atoms with E-state index in [9.17, 15) is 4.79 Å². The highest BCUT2D eigenvalue weighted by Gasteiger charge is 2.24. The number of aliphatic hydroxyl groups is 1. The second-order valence-electron chi connectivity index (χ2n) is 5.83. The van der Waals surface area contributed by atoms with Gasteiger partial charge in [-0.3, -0.25) is 9.69 Å². The van der Waals surface area contributed by atoms with Crippen molar-refractivity contribution in [2.45, 2.75) is 51.0 Å². The van der Waals surface area contributed by atoms with Crippen LogP contribution in [0.5, 0.6) is 0 Å². The first-order valence-corrected chi connectivity index (χ1v) is 7.40. The van der Waals surface area contributed by atoms with Gasteiger partial charge in [-0.25, -0.2) is 0 Å². The molecule has 0 radical (unpaired) electrons. The molecule has 1 saturated carbocycles. The predicted octanol–water partition coefficient (Wildman–Crippen LogP) is 1.14. The number of aliphatic hydroxyl groups excluding tert-OH is 1. The van der Waals surface area contributed by atoms with Crippen LogP contribution in [0, 0.1) is 5.92 Å². The number of nitrogens with zero attached hydrogens (tertiary/aromatic N) is 1. The van der Waals surface area contributed by atoms with E-state index < -0.39 is 0 Å². The average molecular weight is 254 g/mol. The van der Waals surface area contributed by atoms with Crippen molar-refractivity contribution in [2.24, 2.45) is 5.92 Å². The molecule has 1 atom stereocenters. The fourth-order valence-corrected chi connectivity index (χ4v) is 3.11. The molecule has 1 aliphatic carbocycles. The minimum atomic E-state index is 0.167. The van der Waals surface area contributed by atoms with Crippen molar-refractivity contribution in [3.63, 3.8) is 0 Å². The molecule has 1 unspecified atom stereocenters. The largest absolute Gasteiger partial charge is 0.396 e. The lowest BCUT2D eigenvalue weighted by Gasteiger charge is -2.19. The number of rotatable bonds is 4. The molecule has 2 rings (SSSR count). The van der Waals surface area contributed by atoms with Crippen molar-refractivity contribution in [3.8, 4) is 0 Å². The minimum absolute atomic E-state index is 0.167. The normalized spacial score (nSPS) is 27.1. The summed E-state index contributed by atoms with van der Waals surface area (Å²) in [5, 5.41) is 12.3. The van der Waals surface area contributed by atoms with Crippen LogP contribution in [0.1, 0.15) is 44.9 Å². The smallest absolute Gasteiger partial charge is 0.234 e. The second-order valence-corrected chi connectivity index (χ2v) is 5.83. The summed E-state index contributed by atoms with van der Waals surface area (Å²) in [7, 11) is 0. The number of hydrogen-bond donors (Lipinski definition) is 2. The van der Waals surface area contributed by atoms with E-state index in [1.807, 2.05) is 0 Å². The number of amides is 1. The SMILES string of the molecule is O=C(CN1CCC(CO)C1)NC1CCCCCC1. The molecule has 0 aromatic heterocycles. The Balaban J connectivity index is 1.68. The van der Waals surface area contributed by atoms with Crippen molar-refractivity contribution in [1.82, 2.24) is 10.2 Å². The maximum Gasteiger partial charge on any atom is 0.234 e. The Labute approximate surface area is 110 Å². The fraction of sp³-hybridized carbons (Fsp3) is 0.929. The van der Waals surface area contributed by atoms with Gasteiger partial charge in [-0.15, -0.1) is 0 Å². The van der Waals surface area contributed by atoms with Crippen LogP contribution in [0.4, 0.5) is 0 Å². The molecule has 1 aliphatic heterocycles. The van der Waals surface area contributed by atoms with E-state index in [0.29, 0.717) is 18.5 Å². The summed E-state index contributed by atoms with van der Waals surface area (Å²) in [5.74, 6) is 0.538. The minimum Gasteiger partial charge on any atom is -0.396 e. The Morgan fingerprint density at radius 3 is 2.50 bits per heavy atom. The topological polar surface area (TPSA) is 52.6 Å². The van der Waals surface area contributed by atoms with Gasteiger partial charge >= 0.3 is 0 Å². The van der Waals surface area contributed by atoms with Crippen molar-refractivity contribution >= 4 is 5.91 Å². The van der Waals surface area contributed by atoms with E-state index in [2.05, 4.69) is 10.2 Å². The van der Waals surface area contributed by atoms with Crippen LogP contribution in [0.2, 0.25) is 0 Å². The molecule has 2 aliphatic rings. The molecule has 1 amide bonds. The van der Waals surface area contributed by atoms with Crippen LogP contribution in [0.25, 0.3) is 0 Å². The van der Waals surface area contributed by atoms with E-state index >= 15 is 0 Å². The molecule has 0 spiro atoms. The Kier molecular flexibility index (Phi) is 5.45. The van der Waals surface area contributed by atoms with Gasteiger partial charge in [0.15, 0.2) is 0 Å². The Morgan fingerprint density at radius 2 is 1.89 bits per heavy atom. The van der Waals surface area contributed by atoms with Crippen LogP contribution >= 0.6 is 0 Å². The summed E-state index contributed by atoms with van der Waals surface area (Å²) in [5.41, 5.74) is 0. The lowest BCUT2D eigenvalue weighted by Crippen LogP contribution is -2.41. The highest BCUT2D eigenvalue weighted by Crippen LogP contribution is 2.18. The van der Waals surface area contributed by atoms with Crippen LogP contribution in [0.15, 0.2) is 0 Å². The van der Waals surface area contributed by atoms with E-state index in [4.69, 9.17) is 5.11 Å². The summed E-state index contributed by atoms with van der Waals surface area (Å²) >= 11 is 0. The molecule has 2 fully saturated rings. The van der Waals surface area contributed by atoms with Gasteiger partial charge in [0.2, 0.25) is 5.91 Å². The van der Waals surface area contributed by atoms with Crippen molar-refractivity contribution in [3.05, 3.63) is 0 Å². The van der Waals surface area contributed by atoms with Crippen LogP contribution in [0.3, 0.4) is 0 Å². The molecule has 2 N–H and O–H groups in total. The zero-order valence-corrected chi connectivity index (χ0v) is 11.2. The molecule has 1 heterocycles. The Bertz CT molecular complexity index is 263. The summed E-state index contributed by atoms with van der Waals surface area (Å²) < 4.78 is 0. The quantitative estimate of drug-likeness (QED) is 0.740. The molecular formula is C14H26N2O2. The first-order chi connectivity index (χ1) is 8.78. The fourth-order valence-electron chi connectivity index (χ4n) is 3.11. The van der Waals surface area contributed by atoms with E-state index in [1.54, 1.807) is 0 Å².